The predicted octanol–water partition coefficient (Wildman–Crippen LogP) is -1.25. The molecule has 1 aliphatic rings. The number of ether oxygens (including phenoxy) is 1. The molecule has 17 heavy (non-hydrogen) atoms. The van der Waals surface area contributed by atoms with Gasteiger partial charge in [-0.2, -0.15) is 4.98 Å². The van der Waals surface area contributed by atoms with E-state index in [0.717, 1.165) is 6.54 Å². The normalized spacial score (nSPS) is 20.1. The zero-order valence-corrected chi connectivity index (χ0v) is 9.59. The van der Waals surface area contributed by atoms with E-state index in [1.54, 1.807) is 17.2 Å². The van der Waals surface area contributed by atoms with Gasteiger partial charge in [-0.1, -0.05) is 0 Å². The average molecular weight is 237 g/mol. The van der Waals surface area contributed by atoms with Gasteiger partial charge >= 0.3 is 0 Å². The fourth-order valence-corrected chi connectivity index (χ4v) is 1.78. The summed E-state index contributed by atoms with van der Waals surface area (Å²) < 4.78 is 5.03. The smallest absolute Gasteiger partial charge is 0.241 e. The van der Waals surface area contributed by atoms with E-state index < -0.39 is 6.04 Å². The minimum Gasteiger partial charge on any atom is -0.481 e. The number of primary amides is 1. The molecule has 7 nitrogen and oxygen atoms in total. The molecule has 1 aromatic rings. The van der Waals surface area contributed by atoms with Crippen LogP contribution in [0, 0.1) is 0 Å². The summed E-state index contributed by atoms with van der Waals surface area (Å²) >= 11 is 0. The second kappa shape index (κ2) is 4.96. The number of nitrogens with one attached hydrogen (secondary N) is 1. The topological polar surface area (TPSA) is 93.4 Å². The van der Waals surface area contributed by atoms with E-state index in [1.807, 2.05) is 0 Å². The number of carbonyl (C=O) groups is 1. The zero-order chi connectivity index (χ0) is 12.3. The lowest BCUT2D eigenvalue weighted by Gasteiger charge is -2.34. The van der Waals surface area contributed by atoms with Crippen LogP contribution >= 0.6 is 0 Å². The van der Waals surface area contributed by atoms with Crippen molar-refractivity contribution in [2.45, 2.75) is 6.04 Å². The number of anilines is 1. The van der Waals surface area contributed by atoms with Crippen LogP contribution in [0.1, 0.15) is 0 Å². The molecular formula is C10H15N5O2. The first-order valence-electron chi connectivity index (χ1n) is 5.36. The molecule has 3 N–H and O–H groups in total. The molecule has 1 saturated heterocycles. The molecule has 92 valence electrons. The third-order valence-corrected chi connectivity index (χ3v) is 2.66. The molecule has 1 unspecified atom stereocenters. The first kappa shape index (κ1) is 11.6. The van der Waals surface area contributed by atoms with Gasteiger partial charge in [0.15, 0.2) is 0 Å². The second-order valence-corrected chi connectivity index (χ2v) is 3.71. The number of carbonyl (C=O) groups excluding carboxylic acids is 1. The summed E-state index contributed by atoms with van der Waals surface area (Å²) in [5, 5.41) is 3.12. The molecular weight excluding hydrogens is 222 g/mol. The highest BCUT2D eigenvalue weighted by Crippen LogP contribution is 2.15. The van der Waals surface area contributed by atoms with Crippen molar-refractivity contribution >= 4 is 11.9 Å². The number of nitrogens with zero attached hydrogens (tertiary/aromatic N) is 3. The van der Waals surface area contributed by atoms with Gasteiger partial charge in [0.05, 0.1) is 7.11 Å². The average Bonchev–Trinajstić information content (AvgIpc) is 2.39. The molecule has 1 aromatic heterocycles. The number of amides is 1. The molecule has 1 amide bonds. The fourth-order valence-electron chi connectivity index (χ4n) is 1.78. The lowest BCUT2D eigenvalue weighted by Crippen LogP contribution is -2.57. The highest BCUT2D eigenvalue weighted by molar-refractivity contribution is 5.83. The van der Waals surface area contributed by atoms with Crippen molar-refractivity contribution in [3.63, 3.8) is 0 Å². The molecule has 7 heteroatoms. The Morgan fingerprint density at radius 3 is 3.24 bits per heavy atom. The van der Waals surface area contributed by atoms with E-state index >= 15 is 0 Å². The Labute approximate surface area is 99.0 Å². The largest absolute Gasteiger partial charge is 0.481 e. The number of aromatic nitrogens is 2. The molecule has 0 spiro atoms. The molecule has 0 aliphatic carbocycles. The van der Waals surface area contributed by atoms with Crippen LogP contribution in [-0.2, 0) is 4.79 Å². The summed E-state index contributed by atoms with van der Waals surface area (Å²) in [4.78, 5) is 21.5. The maximum atomic E-state index is 11.3. The molecule has 2 heterocycles. The summed E-state index contributed by atoms with van der Waals surface area (Å²) in [5.41, 5.74) is 5.36. The third kappa shape index (κ3) is 2.44. The second-order valence-electron chi connectivity index (χ2n) is 3.71. The first-order chi connectivity index (χ1) is 8.22. The van der Waals surface area contributed by atoms with Crippen molar-refractivity contribution < 1.29 is 9.53 Å². The van der Waals surface area contributed by atoms with Crippen molar-refractivity contribution in [1.29, 1.82) is 0 Å². The molecule has 1 atom stereocenters. The summed E-state index contributed by atoms with van der Waals surface area (Å²) in [6.45, 7) is 1.92. The van der Waals surface area contributed by atoms with Crippen LogP contribution in [0.2, 0.25) is 0 Å². The monoisotopic (exact) mass is 237 g/mol. The van der Waals surface area contributed by atoms with Gasteiger partial charge < -0.3 is 20.7 Å². The predicted molar refractivity (Wildman–Crippen MR) is 61.8 cm³/mol. The summed E-state index contributed by atoms with van der Waals surface area (Å²) in [6, 6.07) is 1.24. The van der Waals surface area contributed by atoms with Gasteiger partial charge in [-0.05, 0) is 0 Å². The first-order valence-corrected chi connectivity index (χ1v) is 5.36. The van der Waals surface area contributed by atoms with Gasteiger partial charge in [0.2, 0.25) is 17.7 Å². The van der Waals surface area contributed by atoms with Gasteiger partial charge in [0, 0.05) is 31.9 Å². The van der Waals surface area contributed by atoms with E-state index in [4.69, 9.17) is 10.5 Å². The summed E-state index contributed by atoms with van der Waals surface area (Å²) in [7, 11) is 1.54. The highest BCUT2D eigenvalue weighted by Gasteiger charge is 2.28. The molecule has 0 aromatic carbocycles. The van der Waals surface area contributed by atoms with Crippen LogP contribution in [0.3, 0.4) is 0 Å². The van der Waals surface area contributed by atoms with Gasteiger partial charge in [-0.25, -0.2) is 4.98 Å². The number of piperazine rings is 1. The SMILES string of the molecule is COc1ccnc(N2CCNCC2C(N)=O)n1. The third-order valence-electron chi connectivity index (χ3n) is 2.66. The lowest BCUT2D eigenvalue weighted by molar-refractivity contribution is -0.119. The van der Waals surface area contributed by atoms with Crippen LogP contribution in [0.25, 0.3) is 0 Å². The van der Waals surface area contributed by atoms with Gasteiger partial charge in [-0.3, -0.25) is 4.79 Å². The highest BCUT2D eigenvalue weighted by atomic mass is 16.5. The van der Waals surface area contributed by atoms with Crippen molar-refractivity contribution in [2.24, 2.45) is 5.73 Å². The van der Waals surface area contributed by atoms with Crippen LogP contribution in [0.4, 0.5) is 5.95 Å². The van der Waals surface area contributed by atoms with Crippen molar-refractivity contribution in [2.75, 3.05) is 31.6 Å². The quantitative estimate of drug-likeness (QED) is 0.682. The molecule has 0 radical (unpaired) electrons. The van der Waals surface area contributed by atoms with Gasteiger partial charge in [0.25, 0.3) is 0 Å². The number of hydrogen-bond acceptors (Lipinski definition) is 6. The number of nitrogens with two attached hydrogens (primary N) is 1. The van der Waals surface area contributed by atoms with Crippen molar-refractivity contribution in [3.05, 3.63) is 12.3 Å². The minimum absolute atomic E-state index is 0.386. The Hall–Kier alpha value is -1.89. The molecule has 0 bridgehead atoms. The molecule has 2 rings (SSSR count). The fraction of sp³-hybridized carbons (Fsp3) is 0.500. The van der Waals surface area contributed by atoms with Crippen LogP contribution < -0.4 is 20.7 Å². The van der Waals surface area contributed by atoms with E-state index in [9.17, 15) is 4.79 Å². The van der Waals surface area contributed by atoms with E-state index in [2.05, 4.69) is 15.3 Å². The molecule has 0 saturated carbocycles. The van der Waals surface area contributed by atoms with Crippen molar-refractivity contribution in [3.8, 4) is 5.88 Å². The van der Waals surface area contributed by atoms with Crippen molar-refractivity contribution in [1.82, 2.24) is 15.3 Å². The Kier molecular flexibility index (Phi) is 3.38. The number of hydrogen-bond donors (Lipinski definition) is 2. The Balaban J connectivity index is 2.26. The zero-order valence-electron chi connectivity index (χ0n) is 9.59. The minimum atomic E-state index is -0.421. The summed E-state index contributed by atoms with van der Waals surface area (Å²) in [5.74, 6) is 0.551. The Morgan fingerprint density at radius 1 is 1.71 bits per heavy atom. The Bertz CT molecular complexity index is 411. The maximum Gasteiger partial charge on any atom is 0.241 e. The lowest BCUT2D eigenvalue weighted by atomic mass is 10.2. The molecule has 1 aliphatic heterocycles. The van der Waals surface area contributed by atoms with E-state index in [-0.39, 0.29) is 5.91 Å². The summed E-state index contributed by atoms with van der Waals surface area (Å²) in [6.07, 6.45) is 1.60. The van der Waals surface area contributed by atoms with E-state index in [1.165, 1.54) is 7.11 Å². The standard InChI is InChI=1S/C10H15N5O2/c1-17-8-2-3-13-10(14-8)15-5-4-12-6-7(15)9(11)16/h2-3,7,12H,4-6H2,1H3,(H2,11,16). The van der Waals surface area contributed by atoms with Crippen LogP contribution in [0.5, 0.6) is 5.88 Å². The van der Waals surface area contributed by atoms with Gasteiger partial charge in [0.1, 0.15) is 6.04 Å². The van der Waals surface area contributed by atoms with Crippen LogP contribution in [-0.4, -0.2) is 48.7 Å². The maximum absolute atomic E-state index is 11.3. The van der Waals surface area contributed by atoms with E-state index in [0.29, 0.717) is 24.9 Å². The Morgan fingerprint density at radius 2 is 2.53 bits per heavy atom. The number of rotatable bonds is 3. The van der Waals surface area contributed by atoms with Gasteiger partial charge in [-0.15, -0.1) is 0 Å². The molecule has 1 fully saturated rings. The van der Waals surface area contributed by atoms with Crippen LogP contribution in [0.15, 0.2) is 12.3 Å². The number of methoxy groups -OCH3 is 1.